The van der Waals surface area contributed by atoms with Crippen LogP contribution in [0.5, 0.6) is 0 Å². The van der Waals surface area contributed by atoms with Crippen molar-refractivity contribution >= 4 is 5.91 Å². The van der Waals surface area contributed by atoms with Gasteiger partial charge in [-0.2, -0.15) is 0 Å². The number of methoxy groups -OCH3 is 1. The van der Waals surface area contributed by atoms with Gasteiger partial charge in [-0.3, -0.25) is 4.79 Å². The molecular formula is C17H26N2O2. The highest BCUT2D eigenvalue weighted by molar-refractivity contribution is 5.83. The van der Waals surface area contributed by atoms with Crippen LogP contribution in [0.3, 0.4) is 0 Å². The van der Waals surface area contributed by atoms with Gasteiger partial charge in [-0.15, -0.1) is 0 Å². The number of carbonyl (C=O) groups is 1. The molecule has 116 valence electrons. The van der Waals surface area contributed by atoms with Crippen molar-refractivity contribution in [2.75, 3.05) is 26.8 Å². The van der Waals surface area contributed by atoms with E-state index in [-0.39, 0.29) is 11.9 Å². The van der Waals surface area contributed by atoms with Gasteiger partial charge in [-0.25, -0.2) is 0 Å². The van der Waals surface area contributed by atoms with E-state index in [1.165, 1.54) is 11.1 Å². The van der Waals surface area contributed by atoms with E-state index in [9.17, 15) is 4.79 Å². The van der Waals surface area contributed by atoms with Crippen LogP contribution in [0.25, 0.3) is 0 Å². The van der Waals surface area contributed by atoms with Gasteiger partial charge in [-0.05, 0) is 50.9 Å². The summed E-state index contributed by atoms with van der Waals surface area (Å²) in [6, 6.07) is 8.20. The van der Waals surface area contributed by atoms with Crippen molar-refractivity contribution < 1.29 is 9.53 Å². The SMILES string of the molecule is COCC1(C(=O)NC(C)c2ccccc2C)CCNCC1. The van der Waals surface area contributed by atoms with Gasteiger partial charge in [0.05, 0.1) is 18.1 Å². The predicted octanol–water partition coefficient (Wildman–Crippen LogP) is 2.19. The molecule has 0 spiro atoms. The van der Waals surface area contributed by atoms with Crippen molar-refractivity contribution in [2.24, 2.45) is 5.41 Å². The lowest BCUT2D eigenvalue weighted by molar-refractivity contribution is -0.136. The fourth-order valence-electron chi connectivity index (χ4n) is 3.12. The first-order valence-electron chi connectivity index (χ1n) is 7.65. The molecule has 1 amide bonds. The molecule has 1 heterocycles. The Labute approximate surface area is 127 Å². The summed E-state index contributed by atoms with van der Waals surface area (Å²) >= 11 is 0. The second-order valence-corrected chi connectivity index (χ2v) is 6.02. The van der Waals surface area contributed by atoms with E-state index in [1.54, 1.807) is 7.11 Å². The quantitative estimate of drug-likeness (QED) is 0.874. The predicted molar refractivity (Wildman–Crippen MR) is 84.1 cm³/mol. The Morgan fingerprint density at radius 1 is 1.38 bits per heavy atom. The van der Waals surface area contributed by atoms with Gasteiger partial charge in [0.1, 0.15) is 0 Å². The van der Waals surface area contributed by atoms with Crippen LogP contribution in [0.2, 0.25) is 0 Å². The summed E-state index contributed by atoms with van der Waals surface area (Å²) in [7, 11) is 1.67. The standard InChI is InChI=1S/C17H26N2O2/c1-13-6-4-5-7-15(13)14(2)19-16(20)17(12-21-3)8-10-18-11-9-17/h4-7,14,18H,8-12H2,1-3H3,(H,19,20). The maximum Gasteiger partial charge on any atom is 0.229 e. The summed E-state index contributed by atoms with van der Waals surface area (Å²) < 4.78 is 5.33. The van der Waals surface area contributed by atoms with E-state index in [1.807, 2.05) is 19.1 Å². The minimum absolute atomic E-state index is 0.0160. The largest absolute Gasteiger partial charge is 0.384 e. The van der Waals surface area contributed by atoms with Crippen LogP contribution in [0, 0.1) is 12.3 Å². The van der Waals surface area contributed by atoms with Crippen molar-refractivity contribution in [1.29, 1.82) is 0 Å². The maximum absolute atomic E-state index is 12.8. The summed E-state index contributed by atoms with van der Waals surface area (Å²) in [6.45, 7) is 6.35. The van der Waals surface area contributed by atoms with Crippen LogP contribution < -0.4 is 10.6 Å². The summed E-state index contributed by atoms with van der Waals surface area (Å²) in [5, 5.41) is 6.50. The molecule has 0 bridgehead atoms. The van der Waals surface area contributed by atoms with Crippen LogP contribution in [-0.4, -0.2) is 32.7 Å². The molecule has 4 heteroatoms. The first-order chi connectivity index (χ1) is 10.1. The number of rotatable bonds is 5. The van der Waals surface area contributed by atoms with Crippen molar-refractivity contribution in [3.8, 4) is 0 Å². The van der Waals surface area contributed by atoms with Crippen LogP contribution in [0.4, 0.5) is 0 Å². The highest BCUT2D eigenvalue weighted by Crippen LogP contribution is 2.30. The normalized spacial score (nSPS) is 19.0. The number of ether oxygens (including phenoxy) is 1. The molecule has 1 aliphatic heterocycles. The topological polar surface area (TPSA) is 50.4 Å². The van der Waals surface area contributed by atoms with E-state index in [0.29, 0.717) is 6.61 Å². The third kappa shape index (κ3) is 3.63. The average molecular weight is 290 g/mol. The summed E-state index contributed by atoms with van der Waals surface area (Å²) in [6.07, 6.45) is 1.65. The van der Waals surface area contributed by atoms with Crippen LogP contribution in [0.15, 0.2) is 24.3 Å². The molecule has 0 aromatic heterocycles. The summed E-state index contributed by atoms with van der Waals surface area (Å²) in [5.41, 5.74) is 1.99. The minimum atomic E-state index is -0.392. The van der Waals surface area contributed by atoms with E-state index in [4.69, 9.17) is 4.74 Å². The van der Waals surface area contributed by atoms with Crippen molar-refractivity contribution in [2.45, 2.75) is 32.7 Å². The second-order valence-electron chi connectivity index (χ2n) is 6.02. The molecule has 2 rings (SSSR count). The second kappa shape index (κ2) is 7.05. The number of hydrogen-bond acceptors (Lipinski definition) is 3. The van der Waals surface area contributed by atoms with E-state index in [2.05, 4.69) is 29.7 Å². The molecule has 1 fully saturated rings. The third-order valence-electron chi connectivity index (χ3n) is 4.47. The zero-order valence-electron chi connectivity index (χ0n) is 13.2. The number of amides is 1. The van der Waals surface area contributed by atoms with Crippen LogP contribution in [-0.2, 0) is 9.53 Å². The summed E-state index contributed by atoms with van der Waals surface area (Å²) in [4.78, 5) is 12.8. The van der Waals surface area contributed by atoms with Crippen LogP contribution >= 0.6 is 0 Å². The van der Waals surface area contributed by atoms with Crippen molar-refractivity contribution in [1.82, 2.24) is 10.6 Å². The molecule has 0 radical (unpaired) electrons. The monoisotopic (exact) mass is 290 g/mol. The molecule has 1 aromatic rings. The molecule has 1 unspecified atom stereocenters. The number of carbonyl (C=O) groups excluding carboxylic acids is 1. The molecule has 1 saturated heterocycles. The van der Waals surface area contributed by atoms with Gasteiger partial charge >= 0.3 is 0 Å². The fraction of sp³-hybridized carbons (Fsp3) is 0.588. The molecule has 21 heavy (non-hydrogen) atoms. The molecule has 1 atom stereocenters. The Balaban J connectivity index is 2.10. The third-order valence-corrected chi connectivity index (χ3v) is 4.47. The van der Waals surface area contributed by atoms with Crippen LogP contribution in [0.1, 0.15) is 36.9 Å². The molecule has 1 aromatic carbocycles. The lowest BCUT2D eigenvalue weighted by Crippen LogP contribution is -2.50. The zero-order valence-corrected chi connectivity index (χ0v) is 13.2. The minimum Gasteiger partial charge on any atom is -0.384 e. The first-order valence-corrected chi connectivity index (χ1v) is 7.65. The number of hydrogen-bond donors (Lipinski definition) is 2. The molecular weight excluding hydrogens is 264 g/mol. The zero-order chi connectivity index (χ0) is 15.3. The molecule has 1 aliphatic rings. The van der Waals surface area contributed by atoms with E-state index < -0.39 is 5.41 Å². The highest BCUT2D eigenvalue weighted by atomic mass is 16.5. The van der Waals surface area contributed by atoms with E-state index >= 15 is 0 Å². The highest BCUT2D eigenvalue weighted by Gasteiger charge is 2.40. The summed E-state index contributed by atoms with van der Waals surface area (Å²) in [5.74, 6) is 0.113. The Morgan fingerprint density at radius 3 is 2.67 bits per heavy atom. The number of aryl methyl sites for hydroxylation is 1. The van der Waals surface area contributed by atoms with Gasteiger partial charge in [0, 0.05) is 7.11 Å². The smallest absolute Gasteiger partial charge is 0.229 e. The Bertz CT molecular complexity index is 476. The van der Waals surface area contributed by atoms with Gasteiger partial charge in [0.25, 0.3) is 0 Å². The number of nitrogens with one attached hydrogen (secondary N) is 2. The van der Waals surface area contributed by atoms with Gasteiger partial charge in [-0.1, -0.05) is 24.3 Å². The average Bonchev–Trinajstić information content (AvgIpc) is 2.48. The maximum atomic E-state index is 12.8. The van der Waals surface area contributed by atoms with Crippen molar-refractivity contribution in [3.63, 3.8) is 0 Å². The molecule has 0 saturated carbocycles. The lowest BCUT2D eigenvalue weighted by Gasteiger charge is -2.36. The first kappa shape index (κ1) is 16.0. The number of benzene rings is 1. The van der Waals surface area contributed by atoms with Crippen molar-refractivity contribution in [3.05, 3.63) is 35.4 Å². The molecule has 4 nitrogen and oxygen atoms in total. The fourth-order valence-corrected chi connectivity index (χ4v) is 3.12. The van der Waals surface area contributed by atoms with Gasteiger partial charge < -0.3 is 15.4 Å². The Morgan fingerprint density at radius 2 is 2.05 bits per heavy atom. The van der Waals surface area contributed by atoms with Gasteiger partial charge in [0.15, 0.2) is 0 Å². The number of piperidine rings is 1. The molecule has 2 N–H and O–H groups in total. The van der Waals surface area contributed by atoms with E-state index in [0.717, 1.165) is 25.9 Å². The Hall–Kier alpha value is -1.39. The Kier molecular flexibility index (Phi) is 5.37. The molecule has 0 aliphatic carbocycles. The van der Waals surface area contributed by atoms with Gasteiger partial charge in [0.2, 0.25) is 5.91 Å². The lowest BCUT2D eigenvalue weighted by atomic mass is 9.78.